The molecule has 2 fully saturated rings. The van der Waals surface area contributed by atoms with Crippen LogP contribution in [0.5, 0.6) is 0 Å². The average Bonchev–Trinajstić information content (AvgIpc) is 2.96. The van der Waals surface area contributed by atoms with Crippen LogP contribution in [-0.2, 0) is 11.3 Å². The van der Waals surface area contributed by atoms with Crippen molar-refractivity contribution in [3.05, 3.63) is 34.3 Å². The van der Waals surface area contributed by atoms with E-state index in [2.05, 4.69) is 70.0 Å². The molecule has 110 valence electrons. The number of halogens is 2. The summed E-state index contributed by atoms with van der Waals surface area (Å²) in [5.41, 5.74) is 1.52. The van der Waals surface area contributed by atoms with Gasteiger partial charge in [0.05, 0.1) is 12.2 Å². The fraction of sp³-hybridized carbons (Fsp3) is 0.647. The lowest BCUT2D eigenvalue weighted by atomic mass is 9.66. The van der Waals surface area contributed by atoms with E-state index in [1.807, 2.05) is 0 Å². The van der Waals surface area contributed by atoms with Crippen LogP contribution in [0, 0.1) is 17.3 Å². The van der Waals surface area contributed by atoms with Gasteiger partial charge in [-0.1, -0.05) is 57.8 Å². The minimum atomic E-state index is -0.00175. The zero-order valence-electron chi connectivity index (χ0n) is 12.2. The molecule has 0 spiro atoms. The maximum atomic E-state index is 6.56. The van der Waals surface area contributed by atoms with Gasteiger partial charge in [0.1, 0.15) is 0 Å². The number of hydrogen-bond donors (Lipinski definition) is 0. The van der Waals surface area contributed by atoms with Crippen LogP contribution in [0.15, 0.2) is 28.7 Å². The van der Waals surface area contributed by atoms with Gasteiger partial charge in [-0.05, 0) is 54.2 Å². The molecule has 1 aromatic rings. The van der Waals surface area contributed by atoms with Crippen LogP contribution in [0.1, 0.15) is 38.7 Å². The molecule has 2 aliphatic carbocycles. The van der Waals surface area contributed by atoms with Gasteiger partial charge < -0.3 is 4.74 Å². The minimum Gasteiger partial charge on any atom is -0.369 e. The van der Waals surface area contributed by atoms with Crippen LogP contribution < -0.4 is 0 Å². The highest BCUT2D eigenvalue weighted by Gasteiger charge is 2.63. The summed E-state index contributed by atoms with van der Waals surface area (Å²) in [6, 6.07) is 8.44. The van der Waals surface area contributed by atoms with E-state index in [-0.39, 0.29) is 11.0 Å². The zero-order valence-corrected chi connectivity index (χ0v) is 15.3. The van der Waals surface area contributed by atoms with Gasteiger partial charge in [-0.15, -0.1) is 0 Å². The highest BCUT2D eigenvalue weighted by Crippen LogP contribution is 2.63. The summed E-state index contributed by atoms with van der Waals surface area (Å²) in [4.78, 5) is 0. The lowest BCUT2D eigenvalue weighted by molar-refractivity contribution is -0.145. The lowest BCUT2D eigenvalue weighted by Crippen LogP contribution is -2.52. The van der Waals surface area contributed by atoms with E-state index < -0.39 is 0 Å². The van der Waals surface area contributed by atoms with Gasteiger partial charge in [-0.2, -0.15) is 0 Å². The van der Waals surface area contributed by atoms with Crippen molar-refractivity contribution in [1.29, 1.82) is 0 Å². The molecule has 0 aromatic heterocycles. The first-order chi connectivity index (χ1) is 9.49. The fourth-order valence-corrected chi connectivity index (χ4v) is 6.18. The van der Waals surface area contributed by atoms with E-state index in [1.54, 1.807) is 0 Å². The number of alkyl halides is 1. The standard InChI is InChI=1S/C17H22Br2O/c1-16(2)13-6-7-14(9-13)17(16,11-18)20-10-12-4-3-5-15(19)8-12/h3-5,8,13-14H,6-7,9-11H2,1-2H3. The van der Waals surface area contributed by atoms with Crippen molar-refractivity contribution in [2.45, 2.75) is 45.3 Å². The maximum absolute atomic E-state index is 6.56. The van der Waals surface area contributed by atoms with Gasteiger partial charge in [0.2, 0.25) is 0 Å². The molecule has 3 unspecified atom stereocenters. The second-order valence-electron chi connectivity index (χ2n) is 6.87. The van der Waals surface area contributed by atoms with Gasteiger partial charge in [0, 0.05) is 9.80 Å². The van der Waals surface area contributed by atoms with Crippen molar-refractivity contribution in [2.24, 2.45) is 17.3 Å². The molecule has 0 radical (unpaired) electrons. The van der Waals surface area contributed by atoms with Gasteiger partial charge >= 0.3 is 0 Å². The largest absolute Gasteiger partial charge is 0.369 e. The molecule has 20 heavy (non-hydrogen) atoms. The van der Waals surface area contributed by atoms with E-state index in [4.69, 9.17) is 4.74 Å². The smallest absolute Gasteiger partial charge is 0.0864 e. The summed E-state index contributed by atoms with van der Waals surface area (Å²) in [6.07, 6.45) is 4.06. The summed E-state index contributed by atoms with van der Waals surface area (Å²) in [6.45, 7) is 5.51. The van der Waals surface area contributed by atoms with Crippen LogP contribution in [0.3, 0.4) is 0 Å². The third-order valence-electron chi connectivity index (χ3n) is 5.79. The summed E-state index contributed by atoms with van der Waals surface area (Å²) < 4.78 is 7.69. The first kappa shape index (κ1) is 15.1. The Balaban J connectivity index is 1.80. The van der Waals surface area contributed by atoms with Gasteiger partial charge in [0.25, 0.3) is 0 Å². The molecule has 0 N–H and O–H groups in total. The number of rotatable bonds is 4. The van der Waals surface area contributed by atoms with Crippen LogP contribution >= 0.6 is 31.9 Å². The molecule has 0 heterocycles. The highest BCUT2D eigenvalue weighted by molar-refractivity contribution is 9.10. The third-order valence-corrected chi connectivity index (χ3v) is 7.11. The molecule has 0 saturated heterocycles. The Morgan fingerprint density at radius 2 is 2.00 bits per heavy atom. The Labute approximate surface area is 138 Å². The molecule has 2 aliphatic rings. The Kier molecular flexibility index (Phi) is 4.07. The molecule has 1 nitrogen and oxygen atoms in total. The van der Waals surface area contributed by atoms with Crippen molar-refractivity contribution in [2.75, 3.05) is 5.33 Å². The van der Waals surface area contributed by atoms with Gasteiger partial charge in [0.15, 0.2) is 0 Å². The Morgan fingerprint density at radius 1 is 1.25 bits per heavy atom. The summed E-state index contributed by atoms with van der Waals surface area (Å²) in [7, 11) is 0. The van der Waals surface area contributed by atoms with E-state index >= 15 is 0 Å². The van der Waals surface area contributed by atoms with Crippen molar-refractivity contribution < 1.29 is 4.74 Å². The Hall–Kier alpha value is 0.140. The number of hydrogen-bond acceptors (Lipinski definition) is 1. The number of benzene rings is 1. The lowest BCUT2D eigenvalue weighted by Gasteiger charge is -2.48. The first-order valence-corrected chi connectivity index (χ1v) is 9.35. The van der Waals surface area contributed by atoms with Crippen molar-refractivity contribution >= 4 is 31.9 Å². The fourth-order valence-electron chi connectivity index (χ4n) is 4.39. The van der Waals surface area contributed by atoms with Crippen LogP contribution in [0.4, 0.5) is 0 Å². The predicted molar refractivity (Wildman–Crippen MR) is 90.1 cm³/mol. The van der Waals surface area contributed by atoms with Crippen molar-refractivity contribution in [1.82, 2.24) is 0 Å². The number of ether oxygens (including phenoxy) is 1. The summed E-state index contributed by atoms with van der Waals surface area (Å²) in [5, 5.41) is 0.947. The summed E-state index contributed by atoms with van der Waals surface area (Å²) in [5.74, 6) is 1.54. The molecule has 0 aliphatic heterocycles. The second-order valence-corrected chi connectivity index (χ2v) is 8.35. The topological polar surface area (TPSA) is 9.23 Å². The van der Waals surface area contributed by atoms with E-state index in [9.17, 15) is 0 Å². The first-order valence-electron chi connectivity index (χ1n) is 7.44. The van der Waals surface area contributed by atoms with Gasteiger partial charge in [-0.25, -0.2) is 0 Å². The van der Waals surface area contributed by atoms with Crippen molar-refractivity contribution in [3.8, 4) is 0 Å². The van der Waals surface area contributed by atoms with Crippen LogP contribution in [0.2, 0.25) is 0 Å². The van der Waals surface area contributed by atoms with Crippen molar-refractivity contribution in [3.63, 3.8) is 0 Å². The van der Waals surface area contributed by atoms with Crippen LogP contribution in [0.25, 0.3) is 0 Å². The predicted octanol–water partition coefficient (Wildman–Crippen LogP) is 5.56. The minimum absolute atomic E-state index is 0.00175. The molecule has 0 amide bonds. The van der Waals surface area contributed by atoms with E-state index in [0.29, 0.717) is 12.5 Å². The molecule has 3 heteroatoms. The van der Waals surface area contributed by atoms with Crippen LogP contribution in [-0.4, -0.2) is 10.9 Å². The Bertz CT molecular complexity index is 500. The third kappa shape index (κ3) is 2.21. The molecular formula is C17H22Br2O. The SMILES string of the molecule is CC1(C)C2CCC(C2)C1(CBr)OCc1cccc(Br)c1. The molecule has 2 bridgehead atoms. The normalized spacial score (nSPS) is 34.6. The molecule has 3 atom stereocenters. The average molecular weight is 402 g/mol. The number of fused-ring (bicyclic) bond motifs is 2. The maximum Gasteiger partial charge on any atom is 0.0864 e. The van der Waals surface area contributed by atoms with E-state index in [0.717, 1.165) is 15.7 Å². The molecule has 2 saturated carbocycles. The highest BCUT2D eigenvalue weighted by atomic mass is 79.9. The quantitative estimate of drug-likeness (QED) is 0.600. The van der Waals surface area contributed by atoms with Gasteiger partial charge in [-0.3, -0.25) is 0 Å². The molecule has 1 aromatic carbocycles. The molecule has 3 rings (SSSR count). The second kappa shape index (κ2) is 5.40. The zero-order chi connectivity index (χ0) is 14.4. The Morgan fingerprint density at radius 3 is 2.60 bits per heavy atom. The monoisotopic (exact) mass is 400 g/mol. The summed E-state index contributed by atoms with van der Waals surface area (Å²) >= 11 is 7.30. The van der Waals surface area contributed by atoms with E-state index in [1.165, 1.54) is 24.8 Å². The molecular weight excluding hydrogens is 380 g/mol.